The molecule has 0 saturated carbocycles. The molecule has 148 valence electrons. The van der Waals surface area contributed by atoms with Crippen molar-refractivity contribution in [2.75, 3.05) is 26.8 Å². The molecule has 1 aliphatic rings. The van der Waals surface area contributed by atoms with Crippen LogP contribution in [0.4, 0.5) is 0 Å². The number of benzene rings is 2. The lowest BCUT2D eigenvalue weighted by atomic mass is 10.0. The number of rotatable bonds is 8. The first-order valence-electron chi connectivity index (χ1n) is 9.90. The Morgan fingerprint density at radius 3 is 2.71 bits per heavy atom. The zero-order valence-corrected chi connectivity index (χ0v) is 16.7. The third-order valence-electron chi connectivity index (χ3n) is 5.46. The maximum Gasteiger partial charge on any atom is 0.330 e. The fourth-order valence-electron chi connectivity index (χ4n) is 3.91. The van der Waals surface area contributed by atoms with Crippen molar-refractivity contribution < 1.29 is 14.6 Å². The molecular weight excluding hydrogens is 350 g/mol. The maximum atomic E-state index is 11.3. The highest BCUT2D eigenvalue weighted by Gasteiger charge is 2.27. The van der Waals surface area contributed by atoms with Crippen LogP contribution in [0.3, 0.4) is 0 Å². The minimum atomic E-state index is -0.344. The van der Waals surface area contributed by atoms with E-state index in [0.29, 0.717) is 12.6 Å². The van der Waals surface area contributed by atoms with Gasteiger partial charge in [0.15, 0.2) is 0 Å². The highest BCUT2D eigenvalue weighted by molar-refractivity contribution is 5.86. The summed E-state index contributed by atoms with van der Waals surface area (Å²) in [6.45, 7) is 3.88. The van der Waals surface area contributed by atoms with Crippen molar-refractivity contribution in [3.63, 3.8) is 0 Å². The molecule has 0 amide bonds. The van der Waals surface area contributed by atoms with E-state index in [2.05, 4.69) is 53.0 Å². The van der Waals surface area contributed by atoms with Gasteiger partial charge in [-0.05, 0) is 54.5 Å². The summed E-state index contributed by atoms with van der Waals surface area (Å²) in [5.41, 5.74) is 6.29. The minimum Gasteiger partial charge on any atom is -0.466 e. The van der Waals surface area contributed by atoms with Crippen molar-refractivity contribution in [3.8, 4) is 0 Å². The first-order chi connectivity index (χ1) is 13.6. The summed E-state index contributed by atoms with van der Waals surface area (Å²) in [7, 11) is 1.38. The Labute approximate surface area is 167 Å². The second-order valence-corrected chi connectivity index (χ2v) is 7.36. The molecule has 0 saturated heterocycles. The third kappa shape index (κ3) is 5.09. The van der Waals surface area contributed by atoms with Crippen LogP contribution in [-0.2, 0) is 22.4 Å². The number of hydrogen-bond acceptors (Lipinski definition) is 4. The summed E-state index contributed by atoms with van der Waals surface area (Å²) < 4.78 is 4.65. The zero-order valence-electron chi connectivity index (χ0n) is 16.7. The molecule has 4 heteroatoms. The average molecular weight is 380 g/mol. The molecule has 0 spiro atoms. The zero-order chi connectivity index (χ0) is 19.9. The molecule has 0 radical (unpaired) electrons. The van der Waals surface area contributed by atoms with Gasteiger partial charge in [-0.1, -0.05) is 48.0 Å². The molecule has 1 unspecified atom stereocenters. The van der Waals surface area contributed by atoms with E-state index >= 15 is 0 Å². The molecule has 2 aromatic rings. The highest BCUT2D eigenvalue weighted by atomic mass is 16.5. The summed E-state index contributed by atoms with van der Waals surface area (Å²) in [4.78, 5) is 13.7. The molecule has 1 aliphatic carbocycles. The van der Waals surface area contributed by atoms with Gasteiger partial charge in [-0.2, -0.15) is 0 Å². The van der Waals surface area contributed by atoms with Crippen LogP contribution in [0.5, 0.6) is 0 Å². The van der Waals surface area contributed by atoms with Crippen molar-refractivity contribution >= 4 is 12.0 Å². The average Bonchev–Trinajstić information content (AvgIpc) is 3.13. The monoisotopic (exact) mass is 379 g/mol. The molecular formula is C24H29NO3. The quantitative estimate of drug-likeness (QED) is 0.561. The van der Waals surface area contributed by atoms with Crippen LogP contribution in [0.15, 0.2) is 48.5 Å². The SMILES string of the molecule is COC(=O)/C=C/c1ccc2c(c1)CCC2N(CCO)CCc1ccc(C)cc1. The normalized spacial score (nSPS) is 15.9. The Morgan fingerprint density at radius 2 is 2.00 bits per heavy atom. The van der Waals surface area contributed by atoms with E-state index in [1.807, 2.05) is 6.07 Å². The number of fused-ring (bicyclic) bond motifs is 1. The van der Waals surface area contributed by atoms with Gasteiger partial charge in [0.25, 0.3) is 0 Å². The van der Waals surface area contributed by atoms with E-state index in [1.165, 1.54) is 35.4 Å². The van der Waals surface area contributed by atoms with Gasteiger partial charge in [0.1, 0.15) is 0 Å². The molecule has 28 heavy (non-hydrogen) atoms. The number of carbonyl (C=O) groups is 1. The number of aliphatic hydroxyl groups excluding tert-OH is 1. The molecule has 1 N–H and O–H groups in total. The molecule has 0 heterocycles. The van der Waals surface area contributed by atoms with Crippen LogP contribution in [-0.4, -0.2) is 42.8 Å². The van der Waals surface area contributed by atoms with Gasteiger partial charge in [0, 0.05) is 25.2 Å². The minimum absolute atomic E-state index is 0.166. The molecule has 0 fully saturated rings. The van der Waals surface area contributed by atoms with E-state index in [4.69, 9.17) is 0 Å². The first-order valence-corrected chi connectivity index (χ1v) is 9.90. The molecule has 0 aliphatic heterocycles. The van der Waals surface area contributed by atoms with Crippen LogP contribution in [0, 0.1) is 6.92 Å². The number of hydrogen-bond donors (Lipinski definition) is 1. The lowest BCUT2D eigenvalue weighted by molar-refractivity contribution is -0.134. The second kappa shape index (κ2) is 9.67. The number of nitrogens with zero attached hydrogens (tertiary/aromatic N) is 1. The topological polar surface area (TPSA) is 49.8 Å². The summed E-state index contributed by atoms with van der Waals surface area (Å²) in [6, 6.07) is 15.4. The van der Waals surface area contributed by atoms with Gasteiger partial charge in [0.05, 0.1) is 13.7 Å². The van der Waals surface area contributed by atoms with E-state index in [9.17, 15) is 9.90 Å². The Bertz CT molecular complexity index is 826. The van der Waals surface area contributed by atoms with Crippen molar-refractivity contribution in [3.05, 3.63) is 76.4 Å². The molecule has 3 rings (SSSR count). The van der Waals surface area contributed by atoms with E-state index in [1.54, 1.807) is 6.08 Å². The summed E-state index contributed by atoms with van der Waals surface area (Å²) in [5.74, 6) is -0.344. The van der Waals surface area contributed by atoms with Gasteiger partial charge in [-0.15, -0.1) is 0 Å². The molecule has 0 bridgehead atoms. The molecule has 2 aromatic carbocycles. The predicted octanol–water partition coefficient (Wildman–Crippen LogP) is 3.71. The smallest absolute Gasteiger partial charge is 0.330 e. The van der Waals surface area contributed by atoms with E-state index in [0.717, 1.165) is 31.4 Å². The van der Waals surface area contributed by atoms with Crippen LogP contribution in [0.1, 0.15) is 40.3 Å². The van der Waals surface area contributed by atoms with Gasteiger partial charge in [0.2, 0.25) is 0 Å². The predicted molar refractivity (Wildman–Crippen MR) is 112 cm³/mol. The fourth-order valence-corrected chi connectivity index (χ4v) is 3.91. The number of aryl methyl sites for hydroxylation is 2. The Balaban J connectivity index is 1.70. The maximum absolute atomic E-state index is 11.3. The van der Waals surface area contributed by atoms with Gasteiger partial charge in [-0.3, -0.25) is 4.90 Å². The molecule has 4 nitrogen and oxygen atoms in total. The van der Waals surface area contributed by atoms with Crippen molar-refractivity contribution in [2.24, 2.45) is 0 Å². The van der Waals surface area contributed by atoms with Crippen LogP contribution < -0.4 is 0 Å². The molecule has 0 aromatic heterocycles. The summed E-state index contributed by atoms with van der Waals surface area (Å²) >= 11 is 0. The summed E-state index contributed by atoms with van der Waals surface area (Å²) in [5, 5.41) is 9.57. The highest BCUT2D eigenvalue weighted by Crippen LogP contribution is 2.36. The Hall–Kier alpha value is -2.43. The van der Waals surface area contributed by atoms with Crippen molar-refractivity contribution in [1.82, 2.24) is 4.90 Å². The van der Waals surface area contributed by atoms with Crippen LogP contribution in [0.2, 0.25) is 0 Å². The van der Waals surface area contributed by atoms with Crippen molar-refractivity contribution in [2.45, 2.75) is 32.2 Å². The lowest BCUT2D eigenvalue weighted by Crippen LogP contribution is -2.32. The van der Waals surface area contributed by atoms with Gasteiger partial charge in [-0.25, -0.2) is 4.79 Å². The van der Waals surface area contributed by atoms with Crippen LogP contribution >= 0.6 is 0 Å². The number of esters is 1. The number of methoxy groups -OCH3 is 1. The molecule has 1 atom stereocenters. The largest absolute Gasteiger partial charge is 0.466 e. The standard InChI is InChI=1S/C24H29NO3/c1-18-3-5-19(6-4-18)13-14-25(15-16-26)23-11-9-21-17-20(7-10-22(21)23)8-12-24(27)28-2/h3-8,10,12,17,23,26H,9,11,13-16H2,1-2H3/b12-8+. The fraction of sp³-hybridized carbons (Fsp3) is 0.375. The third-order valence-corrected chi connectivity index (χ3v) is 5.46. The van der Waals surface area contributed by atoms with Gasteiger partial charge >= 0.3 is 5.97 Å². The lowest BCUT2D eigenvalue weighted by Gasteiger charge is -2.29. The summed E-state index contributed by atoms with van der Waals surface area (Å²) in [6.07, 6.45) is 6.31. The van der Waals surface area contributed by atoms with E-state index in [-0.39, 0.29) is 12.6 Å². The Kier molecular flexibility index (Phi) is 7.01. The van der Waals surface area contributed by atoms with E-state index < -0.39 is 0 Å². The van der Waals surface area contributed by atoms with Gasteiger partial charge < -0.3 is 9.84 Å². The van der Waals surface area contributed by atoms with Crippen LogP contribution in [0.25, 0.3) is 6.08 Å². The first kappa shape index (κ1) is 20.3. The number of ether oxygens (including phenoxy) is 1. The second-order valence-electron chi connectivity index (χ2n) is 7.36. The number of aliphatic hydroxyl groups is 1. The number of carbonyl (C=O) groups excluding carboxylic acids is 1. The Morgan fingerprint density at radius 1 is 1.21 bits per heavy atom. The van der Waals surface area contributed by atoms with Crippen molar-refractivity contribution in [1.29, 1.82) is 0 Å².